The van der Waals surface area contributed by atoms with Gasteiger partial charge in [0.1, 0.15) is 12.0 Å². The van der Waals surface area contributed by atoms with E-state index in [2.05, 4.69) is 71.8 Å². The van der Waals surface area contributed by atoms with Crippen LogP contribution in [0.15, 0.2) is 47.5 Å². The molecule has 0 atom stereocenters. The number of hydrogen-bond donors (Lipinski definition) is 1. The Hall–Kier alpha value is -3.25. The van der Waals surface area contributed by atoms with E-state index in [0.717, 1.165) is 56.3 Å². The minimum atomic E-state index is 0.326. The molecule has 32 heavy (non-hydrogen) atoms. The molecule has 0 saturated heterocycles. The van der Waals surface area contributed by atoms with Crippen molar-refractivity contribution in [2.75, 3.05) is 31.3 Å². The molecule has 0 spiro atoms. The largest absolute Gasteiger partial charge is 0.382 e. The zero-order valence-electron chi connectivity index (χ0n) is 19.3. The summed E-state index contributed by atoms with van der Waals surface area (Å²) in [6.07, 6.45) is 4.16. The Balaban J connectivity index is 2.06. The molecule has 6 heteroatoms. The SMILES string of the molecule is C=Nc1c(N)nc2cc(C=O)ccc2c1N(CCCCC)Cc1ccc(CN(C)C)cc1. The van der Waals surface area contributed by atoms with Gasteiger partial charge in [0.25, 0.3) is 0 Å². The van der Waals surface area contributed by atoms with Crippen LogP contribution in [0, 0.1) is 0 Å². The average Bonchev–Trinajstić information content (AvgIpc) is 2.78. The third-order valence-corrected chi connectivity index (χ3v) is 5.52. The Morgan fingerprint density at radius 2 is 1.75 bits per heavy atom. The molecule has 0 fully saturated rings. The first-order valence-corrected chi connectivity index (χ1v) is 11.1. The number of pyridine rings is 1. The lowest BCUT2D eigenvalue weighted by Crippen LogP contribution is -2.25. The van der Waals surface area contributed by atoms with Crippen molar-refractivity contribution in [2.24, 2.45) is 4.99 Å². The van der Waals surface area contributed by atoms with Gasteiger partial charge in [0.05, 0.1) is 11.2 Å². The minimum Gasteiger partial charge on any atom is -0.382 e. The molecular formula is C26H33N5O. The van der Waals surface area contributed by atoms with Gasteiger partial charge in [-0.3, -0.25) is 9.79 Å². The molecule has 0 amide bonds. The number of nitrogens with two attached hydrogens (primary N) is 1. The summed E-state index contributed by atoms with van der Waals surface area (Å²) in [5.74, 6) is 0.326. The zero-order chi connectivity index (χ0) is 23.1. The van der Waals surface area contributed by atoms with Gasteiger partial charge in [0, 0.05) is 30.6 Å². The molecule has 168 valence electrons. The third kappa shape index (κ3) is 5.51. The molecule has 1 heterocycles. The number of rotatable bonds is 11. The lowest BCUT2D eigenvalue weighted by molar-refractivity contribution is 0.112. The van der Waals surface area contributed by atoms with E-state index in [4.69, 9.17) is 5.73 Å². The lowest BCUT2D eigenvalue weighted by Gasteiger charge is -2.28. The number of benzene rings is 2. The Morgan fingerprint density at radius 3 is 2.34 bits per heavy atom. The summed E-state index contributed by atoms with van der Waals surface area (Å²) in [6, 6.07) is 14.2. The lowest BCUT2D eigenvalue weighted by atomic mass is 10.1. The van der Waals surface area contributed by atoms with Gasteiger partial charge < -0.3 is 15.5 Å². The second kappa shape index (κ2) is 10.9. The number of carbonyl (C=O) groups is 1. The smallest absolute Gasteiger partial charge is 0.152 e. The first-order valence-electron chi connectivity index (χ1n) is 11.1. The van der Waals surface area contributed by atoms with Crippen molar-refractivity contribution in [3.63, 3.8) is 0 Å². The molecule has 0 aliphatic heterocycles. The van der Waals surface area contributed by atoms with Crippen molar-refractivity contribution in [3.8, 4) is 0 Å². The molecule has 0 saturated carbocycles. The molecular weight excluding hydrogens is 398 g/mol. The molecule has 1 aromatic heterocycles. The van der Waals surface area contributed by atoms with Crippen LogP contribution in [0.4, 0.5) is 17.2 Å². The number of fused-ring (bicyclic) bond motifs is 1. The van der Waals surface area contributed by atoms with E-state index in [9.17, 15) is 4.79 Å². The maximum absolute atomic E-state index is 11.3. The van der Waals surface area contributed by atoms with E-state index in [1.54, 1.807) is 6.07 Å². The Kier molecular flexibility index (Phi) is 7.95. The maximum atomic E-state index is 11.3. The molecule has 0 bridgehead atoms. The number of aldehydes is 1. The van der Waals surface area contributed by atoms with Gasteiger partial charge in [-0.2, -0.15) is 0 Å². The fourth-order valence-electron chi connectivity index (χ4n) is 3.98. The third-order valence-electron chi connectivity index (χ3n) is 5.52. The monoisotopic (exact) mass is 431 g/mol. The van der Waals surface area contributed by atoms with Gasteiger partial charge in [-0.15, -0.1) is 0 Å². The Morgan fingerprint density at radius 1 is 1.06 bits per heavy atom. The first-order chi connectivity index (χ1) is 15.5. The highest BCUT2D eigenvalue weighted by Gasteiger charge is 2.19. The number of hydrogen-bond acceptors (Lipinski definition) is 6. The van der Waals surface area contributed by atoms with Crippen LogP contribution in [0.1, 0.15) is 47.7 Å². The molecule has 0 aliphatic rings. The summed E-state index contributed by atoms with van der Waals surface area (Å²) < 4.78 is 0. The molecule has 0 unspecified atom stereocenters. The van der Waals surface area contributed by atoms with Crippen LogP contribution in [0.3, 0.4) is 0 Å². The number of aliphatic imine (C=N–C) groups is 1. The van der Waals surface area contributed by atoms with E-state index < -0.39 is 0 Å². The van der Waals surface area contributed by atoms with Crippen LogP contribution in [0.25, 0.3) is 10.9 Å². The summed E-state index contributed by atoms with van der Waals surface area (Å²) in [7, 11) is 4.14. The van der Waals surface area contributed by atoms with Crippen LogP contribution in [0.2, 0.25) is 0 Å². The molecule has 6 nitrogen and oxygen atoms in total. The number of unbranched alkanes of at least 4 members (excludes halogenated alkanes) is 2. The summed E-state index contributed by atoms with van der Waals surface area (Å²) in [5, 5.41) is 0.924. The predicted molar refractivity (Wildman–Crippen MR) is 135 cm³/mol. The van der Waals surface area contributed by atoms with Crippen molar-refractivity contribution in [3.05, 3.63) is 59.2 Å². The molecule has 3 aromatic rings. The summed E-state index contributed by atoms with van der Waals surface area (Å²) in [4.78, 5) is 24.5. The number of nitrogens with zero attached hydrogens (tertiary/aromatic N) is 4. The molecule has 2 N–H and O–H groups in total. The van der Waals surface area contributed by atoms with Gasteiger partial charge in [0.15, 0.2) is 5.82 Å². The van der Waals surface area contributed by atoms with Crippen LogP contribution in [0.5, 0.6) is 0 Å². The summed E-state index contributed by atoms with van der Waals surface area (Å²) in [5.41, 5.74) is 11.6. The van der Waals surface area contributed by atoms with Gasteiger partial charge in [0.2, 0.25) is 0 Å². The first kappa shape index (κ1) is 23.4. The minimum absolute atomic E-state index is 0.326. The van der Waals surface area contributed by atoms with E-state index in [0.29, 0.717) is 22.6 Å². The van der Waals surface area contributed by atoms with E-state index in [1.165, 1.54) is 11.1 Å². The Labute approximate surface area is 190 Å². The number of aromatic nitrogens is 1. The van der Waals surface area contributed by atoms with Gasteiger partial charge in [-0.25, -0.2) is 4.98 Å². The van der Waals surface area contributed by atoms with Crippen LogP contribution >= 0.6 is 0 Å². The topological polar surface area (TPSA) is 74.8 Å². The van der Waals surface area contributed by atoms with Gasteiger partial charge in [-0.05, 0) is 50.5 Å². The fraction of sp³-hybridized carbons (Fsp3) is 0.346. The normalized spacial score (nSPS) is 11.1. The van der Waals surface area contributed by atoms with E-state index in [-0.39, 0.29) is 0 Å². The predicted octanol–water partition coefficient (Wildman–Crippen LogP) is 5.22. The highest BCUT2D eigenvalue weighted by molar-refractivity contribution is 6.02. The Bertz CT molecular complexity index is 1080. The second-order valence-electron chi connectivity index (χ2n) is 8.43. The van der Waals surface area contributed by atoms with Gasteiger partial charge in [-0.1, -0.05) is 50.1 Å². The highest BCUT2D eigenvalue weighted by Crippen LogP contribution is 2.40. The molecule has 2 aromatic carbocycles. The number of carbonyl (C=O) groups excluding carboxylic acids is 1. The summed E-state index contributed by atoms with van der Waals surface area (Å²) >= 11 is 0. The number of anilines is 2. The van der Waals surface area contributed by atoms with Crippen molar-refractivity contribution in [1.29, 1.82) is 0 Å². The van der Waals surface area contributed by atoms with Crippen molar-refractivity contribution in [2.45, 2.75) is 39.3 Å². The van der Waals surface area contributed by atoms with Crippen molar-refractivity contribution in [1.82, 2.24) is 9.88 Å². The van der Waals surface area contributed by atoms with Crippen LogP contribution in [-0.2, 0) is 13.1 Å². The van der Waals surface area contributed by atoms with E-state index >= 15 is 0 Å². The average molecular weight is 432 g/mol. The standard InChI is InChI=1S/C26H33N5O/c1-5-6-7-14-31(17-20-10-8-19(9-11-20)16-30(3)4)25-22-13-12-21(18-32)15-23(22)29-26(27)24(25)28-2/h8-13,15,18H,2,5-7,14,16-17H2,1,3-4H3,(H2,27,29). The molecule has 0 aliphatic carbocycles. The number of nitrogen functional groups attached to an aromatic ring is 1. The molecule has 0 radical (unpaired) electrons. The molecule has 3 rings (SSSR count). The quantitative estimate of drug-likeness (QED) is 0.256. The summed E-state index contributed by atoms with van der Waals surface area (Å²) in [6.45, 7) is 8.46. The zero-order valence-corrected chi connectivity index (χ0v) is 19.3. The van der Waals surface area contributed by atoms with Crippen molar-refractivity contribution >= 4 is 41.1 Å². The highest BCUT2D eigenvalue weighted by atomic mass is 16.1. The second-order valence-corrected chi connectivity index (χ2v) is 8.43. The van der Waals surface area contributed by atoms with Crippen molar-refractivity contribution < 1.29 is 4.79 Å². The van der Waals surface area contributed by atoms with Crippen LogP contribution in [-0.4, -0.2) is 43.5 Å². The van der Waals surface area contributed by atoms with E-state index in [1.807, 2.05) is 12.1 Å². The maximum Gasteiger partial charge on any atom is 0.152 e. The fourth-order valence-corrected chi connectivity index (χ4v) is 3.98. The van der Waals surface area contributed by atoms with Crippen LogP contribution < -0.4 is 10.6 Å². The van der Waals surface area contributed by atoms with Gasteiger partial charge >= 0.3 is 0 Å².